The van der Waals surface area contributed by atoms with Gasteiger partial charge in [-0.05, 0) is 12.2 Å². The maximum Gasteiger partial charge on any atom is 0.338 e. The Hall–Kier alpha value is -0.260. The summed E-state index contributed by atoms with van der Waals surface area (Å²) in [5.74, 6) is 0.895. The van der Waals surface area contributed by atoms with Gasteiger partial charge in [0.1, 0.15) is 12.2 Å². The summed E-state index contributed by atoms with van der Waals surface area (Å²) in [5, 5.41) is 18.9. The average Bonchev–Trinajstić information content (AvgIpc) is 2.75. The van der Waals surface area contributed by atoms with Crippen LogP contribution < -0.4 is 0 Å². The van der Waals surface area contributed by atoms with Gasteiger partial charge in [-0.25, -0.2) is 4.79 Å². The highest BCUT2D eigenvalue weighted by Gasteiger charge is 2.42. The molecule has 0 spiro atoms. The number of carbonyl (C=O) groups is 1. The fraction of sp³-hybridized carbons (Fsp3) is 0.941. The highest BCUT2D eigenvalue weighted by molar-refractivity contribution is 7.99. The van der Waals surface area contributed by atoms with Crippen LogP contribution in [0, 0.1) is 0 Å². The molecule has 1 fully saturated rings. The molecule has 1 saturated heterocycles. The van der Waals surface area contributed by atoms with Crippen molar-refractivity contribution in [2.45, 2.75) is 89.4 Å². The van der Waals surface area contributed by atoms with E-state index in [9.17, 15) is 15.0 Å². The molecule has 0 saturated carbocycles. The first-order chi connectivity index (χ1) is 10.7. The van der Waals surface area contributed by atoms with Crippen molar-refractivity contribution in [2.75, 3.05) is 11.5 Å². The fourth-order valence-corrected chi connectivity index (χ4v) is 3.73. The van der Waals surface area contributed by atoms with Gasteiger partial charge in [-0.1, -0.05) is 64.7 Å². The molecular formula is C17H32O4S. The fourth-order valence-electron chi connectivity index (χ4n) is 2.66. The second-order valence-corrected chi connectivity index (χ2v) is 7.32. The van der Waals surface area contributed by atoms with Crippen molar-refractivity contribution in [3.05, 3.63) is 0 Å². The van der Waals surface area contributed by atoms with E-state index in [1.807, 2.05) is 0 Å². The minimum Gasteiger partial charge on any atom is -0.457 e. The van der Waals surface area contributed by atoms with Gasteiger partial charge in [0.2, 0.25) is 0 Å². The van der Waals surface area contributed by atoms with Crippen LogP contribution in [-0.2, 0) is 9.53 Å². The molecule has 2 N–H and O–H groups in total. The molecule has 0 unspecified atom stereocenters. The Morgan fingerprint density at radius 2 is 1.50 bits per heavy atom. The Morgan fingerprint density at radius 1 is 0.955 bits per heavy atom. The largest absolute Gasteiger partial charge is 0.457 e. The van der Waals surface area contributed by atoms with Gasteiger partial charge in [-0.2, -0.15) is 11.8 Å². The molecule has 1 aliphatic rings. The Kier molecular flexibility index (Phi) is 11.0. The summed E-state index contributed by atoms with van der Waals surface area (Å²) in [5.41, 5.74) is 0. The lowest BCUT2D eigenvalue weighted by molar-refractivity contribution is -0.146. The number of aliphatic hydroxyl groups is 2. The lowest BCUT2D eigenvalue weighted by Gasteiger charge is -2.12. The van der Waals surface area contributed by atoms with E-state index < -0.39 is 24.3 Å². The van der Waals surface area contributed by atoms with Crippen LogP contribution in [0.3, 0.4) is 0 Å². The van der Waals surface area contributed by atoms with Crippen molar-refractivity contribution in [1.82, 2.24) is 0 Å². The minimum atomic E-state index is -1.36. The molecule has 4 nitrogen and oxygen atoms in total. The van der Waals surface area contributed by atoms with Gasteiger partial charge in [-0.15, -0.1) is 0 Å². The molecule has 0 aromatic heterocycles. The van der Waals surface area contributed by atoms with Crippen LogP contribution in [0.25, 0.3) is 0 Å². The zero-order valence-electron chi connectivity index (χ0n) is 13.8. The highest BCUT2D eigenvalue weighted by atomic mass is 32.2. The van der Waals surface area contributed by atoms with Crippen LogP contribution in [0.4, 0.5) is 0 Å². The highest BCUT2D eigenvalue weighted by Crippen LogP contribution is 2.21. The summed E-state index contributed by atoms with van der Waals surface area (Å²) < 4.78 is 4.93. The molecule has 1 aliphatic heterocycles. The molecule has 1 heterocycles. The van der Waals surface area contributed by atoms with E-state index in [1.54, 1.807) is 11.8 Å². The minimum absolute atomic E-state index is 0.546. The molecule has 0 aliphatic carbocycles. The average molecular weight is 333 g/mol. The third-order valence-electron chi connectivity index (χ3n) is 4.14. The lowest BCUT2D eigenvalue weighted by atomic mass is 10.1. The zero-order chi connectivity index (χ0) is 16.2. The number of aliphatic hydroxyl groups excluding tert-OH is 2. The van der Waals surface area contributed by atoms with Crippen molar-refractivity contribution in [2.24, 2.45) is 0 Å². The van der Waals surface area contributed by atoms with E-state index in [0.29, 0.717) is 5.75 Å². The van der Waals surface area contributed by atoms with Crippen molar-refractivity contribution in [1.29, 1.82) is 0 Å². The predicted octanol–water partition coefficient (Wildman–Crippen LogP) is 3.29. The van der Waals surface area contributed by atoms with E-state index in [2.05, 4.69) is 6.92 Å². The number of esters is 1. The third-order valence-corrected chi connectivity index (χ3v) is 5.28. The third kappa shape index (κ3) is 7.84. The Balaban J connectivity index is 1.83. The second kappa shape index (κ2) is 12.2. The second-order valence-electron chi connectivity index (χ2n) is 6.17. The van der Waals surface area contributed by atoms with Gasteiger partial charge < -0.3 is 14.9 Å². The smallest absolute Gasteiger partial charge is 0.338 e. The lowest BCUT2D eigenvalue weighted by Crippen LogP contribution is -2.32. The summed E-state index contributed by atoms with van der Waals surface area (Å²) >= 11 is 1.69. The Morgan fingerprint density at radius 3 is 2.00 bits per heavy atom. The summed E-state index contributed by atoms with van der Waals surface area (Å²) in [7, 11) is 0. The number of hydrogen-bond donors (Lipinski definition) is 2. The van der Waals surface area contributed by atoms with Crippen LogP contribution in [-0.4, -0.2) is 46.0 Å². The number of unbranched alkanes of at least 4 members (excludes halogenated alkanes) is 9. The monoisotopic (exact) mass is 332 g/mol. The summed E-state index contributed by atoms with van der Waals surface area (Å²) in [6.45, 7) is 2.25. The van der Waals surface area contributed by atoms with Crippen molar-refractivity contribution < 1.29 is 19.7 Å². The molecule has 1 rings (SSSR count). The van der Waals surface area contributed by atoms with Crippen LogP contribution in [0.2, 0.25) is 0 Å². The van der Waals surface area contributed by atoms with Crippen LogP contribution in [0.1, 0.15) is 71.1 Å². The normalized spacial score (nSPS) is 24.7. The number of carbonyl (C=O) groups excluding carboxylic acids is 1. The van der Waals surface area contributed by atoms with Gasteiger partial charge in [0.15, 0.2) is 6.10 Å². The van der Waals surface area contributed by atoms with E-state index in [0.717, 1.165) is 5.75 Å². The summed E-state index contributed by atoms with van der Waals surface area (Å²) in [6.07, 6.45) is 10.3. The maximum atomic E-state index is 11.1. The SMILES string of the molecule is CCCCCCCCCCCCSC[C@H]1OC(=O)[C@@H](O)[C@@H]1O. The van der Waals surface area contributed by atoms with E-state index in [1.165, 1.54) is 64.2 Å². The number of thioether (sulfide) groups is 1. The van der Waals surface area contributed by atoms with Crippen molar-refractivity contribution >= 4 is 17.7 Å². The first kappa shape index (κ1) is 19.8. The van der Waals surface area contributed by atoms with E-state index in [4.69, 9.17) is 4.74 Å². The van der Waals surface area contributed by atoms with Gasteiger partial charge in [0.05, 0.1) is 0 Å². The zero-order valence-corrected chi connectivity index (χ0v) is 14.7. The molecule has 0 amide bonds. The molecule has 130 valence electrons. The number of rotatable bonds is 13. The van der Waals surface area contributed by atoms with Crippen LogP contribution in [0.15, 0.2) is 0 Å². The van der Waals surface area contributed by atoms with Gasteiger partial charge in [0, 0.05) is 5.75 Å². The predicted molar refractivity (Wildman–Crippen MR) is 91.1 cm³/mol. The molecule has 0 aromatic carbocycles. The van der Waals surface area contributed by atoms with Gasteiger partial charge >= 0.3 is 5.97 Å². The molecule has 22 heavy (non-hydrogen) atoms. The first-order valence-electron chi connectivity index (χ1n) is 8.81. The molecular weight excluding hydrogens is 300 g/mol. The van der Waals surface area contributed by atoms with Gasteiger partial charge in [0.25, 0.3) is 0 Å². The molecule has 0 bridgehead atoms. The van der Waals surface area contributed by atoms with E-state index in [-0.39, 0.29) is 0 Å². The summed E-state index contributed by atoms with van der Waals surface area (Å²) in [4.78, 5) is 11.1. The number of hydrogen-bond acceptors (Lipinski definition) is 5. The van der Waals surface area contributed by atoms with Crippen molar-refractivity contribution in [3.63, 3.8) is 0 Å². The first-order valence-corrected chi connectivity index (χ1v) is 9.96. The standard InChI is InChI=1S/C17H32O4S/c1-2-3-4-5-6-7-8-9-10-11-12-22-13-14-15(18)16(19)17(20)21-14/h14-16,18-19H,2-13H2,1H3/t14-,15-,16+/m1/s1. The maximum absolute atomic E-state index is 11.1. The molecule has 0 aromatic rings. The Labute approximate surface area is 139 Å². The topological polar surface area (TPSA) is 66.8 Å². The quantitative estimate of drug-likeness (QED) is 0.400. The number of cyclic esters (lactones) is 1. The van der Waals surface area contributed by atoms with Crippen LogP contribution >= 0.6 is 11.8 Å². The van der Waals surface area contributed by atoms with Gasteiger partial charge in [-0.3, -0.25) is 0 Å². The van der Waals surface area contributed by atoms with E-state index >= 15 is 0 Å². The number of ether oxygens (including phenoxy) is 1. The summed E-state index contributed by atoms with van der Waals surface area (Å²) in [6, 6.07) is 0. The molecule has 3 atom stereocenters. The van der Waals surface area contributed by atoms with Crippen LogP contribution in [0.5, 0.6) is 0 Å². The molecule has 0 radical (unpaired) electrons. The van der Waals surface area contributed by atoms with Crippen molar-refractivity contribution in [3.8, 4) is 0 Å². The Bertz CT molecular complexity index is 298. The molecule has 5 heteroatoms.